The summed E-state index contributed by atoms with van der Waals surface area (Å²) in [5.41, 5.74) is 6.64. The molecule has 6 aromatic carbocycles. The van der Waals surface area contributed by atoms with Gasteiger partial charge < -0.3 is 10.0 Å². The predicted molar refractivity (Wildman–Crippen MR) is 171 cm³/mol. The van der Waals surface area contributed by atoms with Crippen LogP contribution in [0.3, 0.4) is 0 Å². The fourth-order valence-corrected chi connectivity index (χ4v) is 5.46. The lowest BCUT2D eigenvalue weighted by Gasteiger charge is -2.25. The highest BCUT2D eigenvalue weighted by Crippen LogP contribution is 2.28. The molecule has 0 unspecified atom stereocenters. The molecule has 0 bridgehead atoms. The van der Waals surface area contributed by atoms with Crippen molar-refractivity contribution in [3.05, 3.63) is 183 Å². The fourth-order valence-electron chi connectivity index (χ4n) is 5.46. The van der Waals surface area contributed by atoms with Crippen LogP contribution in [-0.2, 0) is 26.2 Å². The van der Waals surface area contributed by atoms with E-state index in [1.165, 1.54) is 11.1 Å². The molecule has 0 heterocycles. The highest BCUT2D eigenvalue weighted by atomic mass is 16.3. The van der Waals surface area contributed by atoms with E-state index in [0.717, 1.165) is 35.5 Å². The number of aromatic hydroxyl groups is 1. The second-order valence-electron chi connectivity index (χ2n) is 10.6. The van der Waals surface area contributed by atoms with Crippen LogP contribution < -0.4 is 20.3 Å². The molecule has 0 saturated carbocycles. The van der Waals surface area contributed by atoms with E-state index in [9.17, 15) is 9.90 Å². The Morgan fingerprint density at radius 2 is 0.929 bits per heavy atom. The normalized spacial score (nSPS) is 11.0. The Labute approximate surface area is 246 Å². The first kappa shape index (κ1) is 27.0. The molecule has 4 nitrogen and oxygen atoms in total. The van der Waals surface area contributed by atoms with Crippen LogP contribution >= 0.6 is 0 Å². The third-order valence-corrected chi connectivity index (χ3v) is 7.61. The zero-order valence-corrected chi connectivity index (χ0v) is 23.4. The number of benzene rings is 5. The molecule has 0 fully saturated rings. The van der Waals surface area contributed by atoms with Gasteiger partial charge in [0.05, 0.1) is 5.56 Å². The lowest BCUT2D eigenvalue weighted by molar-refractivity contribution is 0.440. The second kappa shape index (κ2) is 12.5. The molecule has 0 amide bonds. The van der Waals surface area contributed by atoms with E-state index in [1.54, 1.807) is 0 Å². The molecular formula is C38H33N2O2+. The Balaban J connectivity index is 1.32. The predicted octanol–water partition coefficient (Wildman–Crippen LogP) is 6.67. The van der Waals surface area contributed by atoms with Crippen LogP contribution in [0, 0.1) is 0 Å². The van der Waals surface area contributed by atoms with Crippen LogP contribution in [0.2, 0.25) is 0 Å². The first-order valence-electron chi connectivity index (χ1n) is 14.3. The van der Waals surface area contributed by atoms with Crippen molar-refractivity contribution in [3.63, 3.8) is 0 Å². The number of hydrogen-bond acceptors (Lipinski definition) is 3. The van der Waals surface area contributed by atoms with Crippen LogP contribution in [0.5, 0.6) is 5.75 Å². The molecule has 206 valence electrons. The fraction of sp³-hybridized carbons (Fsp3) is 0.105. The maximum absolute atomic E-state index is 13.6. The van der Waals surface area contributed by atoms with Gasteiger partial charge >= 0.3 is 0 Å². The molecule has 0 spiro atoms. The van der Waals surface area contributed by atoms with E-state index in [4.69, 9.17) is 0 Å². The lowest BCUT2D eigenvalue weighted by Crippen LogP contribution is -2.44. The lowest BCUT2D eigenvalue weighted by atomic mass is 9.98. The minimum atomic E-state index is -0.127. The van der Waals surface area contributed by atoms with E-state index >= 15 is 0 Å². The number of rotatable bonds is 10. The average molecular weight is 550 g/mol. The first-order chi connectivity index (χ1) is 20.7. The largest absolute Gasteiger partial charge is 0.502 e. The highest BCUT2D eigenvalue weighted by molar-refractivity contribution is 5.74. The maximum atomic E-state index is 13.6. The summed E-state index contributed by atoms with van der Waals surface area (Å²) in [6.07, 6.45) is 0. The average Bonchev–Trinajstić information content (AvgIpc) is 3.03. The van der Waals surface area contributed by atoms with Crippen LogP contribution in [-0.4, -0.2) is 5.11 Å². The van der Waals surface area contributed by atoms with Crippen molar-refractivity contribution in [2.24, 2.45) is 0 Å². The molecule has 1 N–H and O–H groups in total. The molecule has 6 rings (SSSR count). The summed E-state index contributed by atoms with van der Waals surface area (Å²) in [5, 5.41) is 11.6. The summed E-state index contributed by atoms with van der Waals surface area (Å²) in [7, 11) is 0. The Bertz CT molecular complexity index is 1740. The van der Waals surface area contributed by atoms with Gasteiger partial charge in [-0.25, -0.2) is 4.58 Å². The van der Waals surface area contributed by atoms with E-state index in [0.29, 0.717) is 24.0 Å². The van der Waals surface area contributed by atoms with Crippen molar-refractivity contribution in [1.29, 1.82) is 0 Å². The molecular weight excluding hydrogens is 516 g/mol. The van der Waals surface area contributed by atoms with E-state index < -0.39 is 0 Å². The molecule has 0 aliphatic carbocycles. The molecule has 6 aromatic rings. The number of hydrogen-bond donors (Lipinski definition) is 1. The molecule has 42 heavy (non-hydrogen) atoms. The minimum Gasteiger partial charge on any atom is -0.502 e. The van der Waals surface area contributed by atoms with Crippen LogP contribution in [0.15, 0.2) is 150 Å². The van der Waals surface area contributed by atoms with Gasteiger partial charge in [-0.2, -0.15) is 0 Å². The number of anilines is 1. The Morgan fingerprint density at radius 3 is 1.33 bits per heavy atom. The molecule has 0 aliphatic rings. The SMILES string of the molecule is O=c1c(-c2ccc(N(Cc3ccccc3)Cc3ccccc3)cc2)c(O)c1=[N+](Cc1ccccc1)Cc1ccccc1. The first-order valence-corrected chi connectivity index (χ1v) is 14.3. The third-order valence-electron chi connectivity index (χ3n) is 7.61. The molecule has 0 radical (unpaired) electrons. The third kappa shape index (κ3) is 6.08. The summed E-state index contributed by atoms with van der Waals surface area (Å²) >= 11 is 0. The van der Waals surface area contributed by atoms with Gasteiger partial charge in [0.2, 0.25) is 5.75 Å². The second-order valence-corrected chi connectivity index (χ2v) is 10.6. The van der Waals surface area contributed by atoms with Crippen LogP contribution in [0.25, 0.3) is 11.1 Å². The van der Waals surface area contributed by atoms with Crippen LogP contribution in [0.1, 0.15) is 22.3 Å². The van der Waals surface area contributed by atoms with Gasteiger partial charge in [0, 0.05) is 29.9 Å². The van der Waals surface area contributed by atoms with Crippen molar-refractivity contribution in [2.45, 2.75) is 26.2 Å². The summed E-state index contributed by atoms with van der Waals surface area (Å²) in [6, 6.07) is 48.9. The summed E-state index contributed by atoms with van der Waals surface area (Å²) in [4.78, 5) is 15.9. The van der Waals surface area contributed by atoms with Crippen LogP contribution in [0.4, 0.5) is 5.69 Å². The van der Waals surface area contributed by atoms with Crippen molar-refractivity contribution in [3.8, 4) is 16.9 Å². The smallest absolute Gasteiger partial charge is 0.292 e. The summed E-state index contributed by atoms with van der Waals surface area (Å²) < 4.78 is 1.97. The van der Waals surface area contributed by atoms with Gasteiger partial charge in [-0.15, -0.1) is 0 Å². The molecule has 0 aromatic heterocycles. The van der Waals surface area contributed by atoms with Crippen molar-refractivity contribution in [1.82, 2.24) is 4.58 Å². The molecule has 0 aliphatic heterocycles. The summed E-state index contributed by atoms with van der Waals surface area (Å²) in [5.74, 6) is 0.0602. The number of nitrogens with zero attached hydrogens (tertiary/aromatic N) is 2. The minimum absolute atomic E-state index is 0.0602. The Morgan fingerprint density at radius 1 is 0.524 bits per heavy atom. The van der Waals surface area contributed by atoms with Crippen molar-refractivity contribution in [2.75, 3.05) is 4.90 Å². The zero-order valence-electron chi connectivity index (χ0n) is 23.4. The standard InChI is InChI=1S/C38H32N2O2/c41-37-35(38(42)36(37)40(27-31-17-9-3-10-18-31)28-32-19-11-4-12-20-32)33-21-23-34(24-22-33)39(25-29-13-5-1-6-14-29)26-30-15-7-2-8-16-30/h1-24H,25-28H2/p+1. The van der Waals surface area contributed by atoms with Gasteiger partial charge in [0.25, 0.3) is 10.8 Å². The monoisotopic (exact) mass is 549 g/mol. The van der Waals surface area contributed by atoms with E-state index in [1.807, 2.05) is 102 Å². The van der Waals surface area contributed by atoms with E-state index in [-0.39, 0.29) is 11.2 Å². The zero-order chi connectivity index (χ0) is 28.7. The topological polar surface area (TPSA) is 43.6 Å². The highest BCUT2D eigenvalue weighted by Gasteiger charge is 2.28. The quantitative estimate of drug-likeness (QED) is 0.194. The Kier molecular flexibility index (Phi) is 8.05. The molecule has 4 heteroatoms. The molecule has 0 atom stereocenters. The van der Waals surface area contributed by atoms with Crippen molar-refractivity contribution < 1.29 is 5.11 Å². The van der Waals surface area contributed by atoms with Crippen molar-refractivity contribution >= 4 is 5.69 Å². The van der Waals surface area contributed by atoms with Gasteiger partial charge in [0.15, 0.2) is 13.1 Å². The van der Waals surface area contributed by atoms with Gasteiger partial charge in [-0.3, -0.25) is 4.79 Å². The molecule has 0 saturated heterocycles. The van der Waals surface area contributed by atoms with Gasteiger partial charge in [0.1, 0.15) is 0 Å². The van der Waals surface area contributed by atoms with Gasteiger partial charge in [-0.1, -0.05) is 133 Å². The van der Waals surface area contributed by atoms with E-state index in [2.05, 4.69) is 53.4 Å². The Hall–Kier alpha value is -5.22. The van der Waals surface area contributed by atoms with Gasteiger partial charge in [-0.05, 0) is 28.8 Å². The summed E-state index contributed by atoms with van der Waals surface area (Å²) in [6.45, 7) is 2.57. The maximum Gasteiger partial charge on any atom is 0.292 e.